The lowest BCUT2D eigenvalue weighted by Crippen LogP contribution is -2.27. The van der Waals surface area contributed by atoms with Crippen molar-refractivity contribution >= 4 is 11.6 Å². The van der Waals surface area contributed by atoms with E-state index in [-0.39, 0.29) is 18.1 Å². The second-order valence-corrected chi connectivity index (χ2v) is 5.85. The third-order valence-corrected chi connectivity index (χ3v) is 2.84. The fourth-order valence-electron chi connectivity index (χ4n) is 1.76. The highest BCUT2D eigenvalue weighted by molar-refractivity contribution is 5.91. The number of ether oxygens (including phenoxy) is 1. The molecule has 0 saturated carbocycles. The molecule has 4 nitrogen and oxygen atoms in total. The highest BCUT2D eigenvalue weighted by atomic mass is 16.5. The Morgan fingerprint density at radius 2 is 1.85 bits per heavy atom. The summed E-state index contributed by atoms with van der Waals surface area (Å²) in [7, 11) is 0. The maximum atomic E-state index is 11.7. The van der Waals surface area contributed by atoms with Crippen LogP contribution in [0.25, 0.3) is 0 Å². The second kappa shape index (κ2) is 7.41. The monoisotopic (exact) mass is 278 g/mol. The van der Waals surface area contributed by atoms with E-state index in [0.717, 1.165) is 12.2 Å². The molecule has 0 spiro atoms. The van der Waals surface area contributed by atoms with Crippen LogP contribution in [-0.2, 0) is 9.53 Å². The van der Waals surface area contributed by atoms with E-state index in [0.29, 0.717) is 6.04 Å². The zero-order valence-electron chi connectivity index (χ0n) is 13.1. The number of amides is 1. The maximum Gasteiger partial charge on any atom is 0.250 e. The van der Waals surface area contributed by atoms with Gasteiger partial charge in [-0.15, -0.1) is 0 Å². The molecular formula is C16H26N2O2. The quantitative estimate of drug-likeness (QED) is 0.840. The van der Waals surface area contributed by atoms with Gasteiger partial charge < -0.3 is 15.4 Å². The number of nitrogens with one attached hydrogen (secondary N) is 2. The molecule has 4 heteroatoms. The first-order valence-electron chi connectivity index (χ1n) is 7.09. The summed E-state index contributed by atoms with van der Waals surface area (Å²) >= 11 is 0. The minimum absolute atomic E-state index is 0.0685. The van der Waals surface area contributed by atoms with Crippen LogP contribution in [0.4, 0.5) is 5.69 Å². The van der Waals surface area contributed by atoms with E-state index in [2.05, 4.69) is 24.5 Å². The summed E-state index contributed by atoms with van der Waals surface area (Å²) in [5.74, 6) is -0.132. The predicted molar refractivity (Wildman–Crippen MR) is 82.9 cm³/mol. The fraction of sp³-hybridized carbons (Fsp3) is 0.562. The standard InChI is InChI=1S/C16H26N2O2/c1-6-17-12(2)13-7-9-14(10-8-13)18-15(19)11-20-16(3,4)5/h7-10,12,17H,6,11H2,1-5H3,(H,18,19). The summed E-state index contributed by atoms with van der Waals surface area (Å²) in [6.07, 6.45) is 0. The number of anilines is 1. The van der Waals surface area contributed by atoms with Gasteiger partial charge in [-0.05, 0) is 51.9 Å². The van der Waals surface area contributed by atoms with Crippen LogP contribution in [0.1, 0.15) is 46.2 Å². The first kappa shape index (κ1) is 16.7. The summed E-state index contributed by atoms with van der Waals surface area (Å²) in [6.45, 7) is 11.0. The van der Waals surface area contributed by atoms with Gasteiger partial charge in [0.15, 0.2) is 0 Å². The number of carbonyl (C=O) groups is 1. The Labute approximate surface area is 121 Å². The Morgan fingerprint density at radius 3 is 2.35 bits per heavy atom. The molecule has 0 fully saturated rings. The van der Waals surface area contributed by atoms with E-state index in [4.69, 9.17) is 4.74 Å². The first-order valence-corrected chi connectivity index (χ1v) is 7.09. The average molecular weight is 278 g/mol. The van der Waals surface area contributed by atoms with Crippen molar-refractivity contribution in [3.8, 4) is 0 Å². The van der Waals surface area contributed by atoms with Gasteiger partial charge in [-0.1, -0.05) is 19.1 Å². The van der Waals surface area contributed by atoms with Gasteiger partial charge in [-0.3, -0.25) is 4.79 Å². The van der Waals surface area contributed by atoms with Crippen LogP contribution in [0.2, 0.25) is 0 Å². The van der Waals surface area contributed by atoms with E-state index in [1.807, 2.05) is 45.0 Å². The Balaban J connectivity index is 2.51. The number of benzene rings is 1. The van der Waals surface area contributed by atoms with Crippen molar-refractivity contribution < 1.29 is 9.53 Å². The molecule has 0 aliphatic rings. The van der Waals surface area contributed by atoms with Crippen molar-refractivity contribution in [1.82, 2.24) is 5.32 Å². The molecule has 0 heterocycles. The number of rotatable bonds is 6. The molecular weight excluding hydrogens is 252 g/mol. The minimum Gasteiger partial charge on any atom is -0.366 e. The SMILES string of the molecule is CCNC(C)c1ccc(NC(=O)COC(C)(C)C)cc1. The molecule has 2 N–H and O–H groups in total. The largest absolute Gasteiger partial charge is 0.366 e. The Kier molecular flexibility index (Phi) is 6.17. The van der Waals surface area contributed by atoms with E-state index in [9.17, 15) is 4.79 Å². The maximum absolute atomic E-state index is 11.7. The van der Waals surface area contributed by atoms with Crippen molar-refractivity contribution in [2.24, 2.45) is 0 Å². The molecule has 20 heavy (non-hydrogen) atoms. The molecule has 1 atom stereocenters. The van der Waals surface area contributed by atoms with Crippen LogP contribution in [-0.4, -0.2) is 24.7 Å². The summed E-state index contributed by atoms with van der Waals surface area (Å²) in [5, 5.41) is 6.18. The van der Waals surface area contributed by atoms with Crippen molar-refractivity contribution in [2.75, 3.05) is 18.5 Å². The second-order valence-electron chi connectivity index (χ2n) is 5.85. The van der Waals surface area contributed by atoms with Crippen LogP contribution >= 0.6 is 0 Å². The number of hydrogen-bond acceptors (Lipinski definition) is 3. The summed E-state index contributed by atoms with van der Waals surface area (Å²) in [5.41, 5.74) is 1.69. The molecule has 1 aromatic rings. The molecule has 1 amide bonds. The van der Waals surface area contributed by atoms with Gasteiger partial charge in [0, 0.05) is 11.7 Å². The van der Waals surface area contributed by atoms with Gasteiger partial charge in [-0.25, -0.2) is 0 Å². The molecule has 0 bridgehead atoms. The Hall–Kier alpha value is -1.39. The van der Waals surface area contributed by atoms with Crippen LogP contribution in [0, 0.1) is 0 Å². The predicted octanol–water partition coefficient (Wildman–Crippen LogP) is 3.11. The third-order valence-electron chi connectivity index (χ3n) is 2.84. The summed E-state index contributed by atoms with van der Waals surface area (Å²) < 4.78 is 5.44. The Morgan fingerprint density at radius 1 is 1.25 bits per heavy atom. The van der Waals surface area contributed by atoms with Crippen molar-refractivity contribution in [3.63, 3.8) is 0 Å². The Bertz CT molecular complexity index is 421. The van der Waals surface area contributed by atoms with Crippen LogP contribution < -0.4 is 10.6 Å². The average Bonchev–Trinajstić information content (AvgIpc) is 2.37. The zero-order valence-corrected chi connectivity index (χ0v) is 13.1. The molecule has 1 aromatic carbocycles. The lowest BCUT2D eigenvalue weighted by atomic mass is 10.1. The van der Waals surface area contributed by atoms with Crippen molar-refractivity contribution in [1.29, 1.82) is 0 Å². The molecule has 0 aliphatic heterocycles. The highest BCUT2D eigenvalue weighted by Crippen LogP contribution is 2.16. The van der Waals surface area contributed by atoms with Gasteiger partial charge in [0.05, 0.1) is 5.60 Å². The minimum atomic E-state index is -0.303. The normalized spacial score (nSPS) is 13.1. The van der Waals surface area contributed by atoms with Gasteiger partial charge in [0.1, 0.15) is 6.61 Å². The van der Waals surface area contributed by atoms with Gasteiger partial charge in [0.2, 0.25) is 5.91 Å². The molecule has 112 valence electrons. The van der Waals surface area contributed by atoms with Crippen molar-refractivity contribution in [2.45, 2.75) is 46.3 Å². The lowest BCUT2D eigenvalue weighted by molar-refractivity contribution is -0.125. The molecule has 0 aliphatic carbocycles. The summed E-state index contributed by atoms with van der Waals surface area (Å²) in [4.78, 5) is 11.7. The molecule has 1 rings (SSSR count). The summed E-state index contributed by atoms with van der Waals surface area (Å²) in [6, 6.07) is 8.19. The fourth-order valence-corrected chi connectivity index (χ4v) is 1.76. The van der Waals surface area contributed by atoms with Crippen LogP contribution in [0.15, 0.2) is 24.3 Å². The number of carbonyl (C=O) groups excluding carboxylic acids is 1. The molecule has 0 radical (unpaired) electrons. The molecule has 1 unspecified atom stereocenters. The van der Waals surface area contributed by atoms with E-state index >= 15 is 0 Å². The van der Waals surface area contributed by atoms with Crippen LogP contribution in [0.3, 0.4) is 0 Å². The van der Waals surface area contributed by atoms with E-state index < -0.39 is 0 Å². The van der Waals surface area contributed by atoms with Gasteiger partial charge >= 0.3 is 0 Å². The smallest absolute Gasteiger partial charge is 0.250 e. The van der Waals surface area contributed by atoms with Gasteiger partial charge in [0.25, 0.3) is 0 Å². The zero-order chi connectivity index (χ0) is 15.2. The van der Waals surface area contributed by atoms with Crippen molar-refractivity contribution in [3.05, 3.63) is 29.8 Å². The topological polar surface area (TPSA) is 50.4 Å². The molecule has 0 aromatic heterocycles. The van der Waals surface area contributed by atoms with Gasteiger partial charge in [-0.2, -0.15) is 0 Å². The lowest BCUT2D eigenvalue weighted by Gasteiger charge is -2.19. The molecule has 0 saturated heterocycles. The third kappa shape index (κ3) is 6.17. The highest BCUT2D eigenvalue weighted by Gasteiger charge is 2.13. The van der Waals surface area contributed by atoms with E-state index in [1.165, 1.54) is 5.56 Å². The number of hydrogen-bond donors (Lipinski definition) is 2. The first-order chi connectivity index (χ1) is 9.31. The van der Waals surface area contributed by atoms with Crippen LogP contribution in [0.5, 0.6) is 0 Å². The van der Waals surface area contributed by atoms with E-state index in [1.54, 1.807) is 0 Å².